The summed E-state index contributed by atoms with van der Waals surface area (Å²) in [6.45, 7) is 9.49. The molecule has 2 aromatic rings. The molecule has 0 aliphatic carbocycles. The summed E-state index contributed by atoms with van der Waals surface area (Å²) in [7, 11) is 0. The van der Waals surface area contributed by atoms with Gasteiger partial charge in [-0.05, 0) is 38.0 Å². The zero-order chi connectivity index (χ0) is 19.0. The standard InChI is InChI=1S/C19H21N3O4/c1-5-26-18(24)14-11(4)20-19(25)22-16(14)13-8-12-9(2)6-7-10(3)15(12)21-17(13)23/h6-8,14,16H,4-5H2,1-3H3,(H,21,23)(H2,20,22,25)/t14-,16-/m1/s1. The number of aromatic nitrogens is 1. The quantitative estimate of drug-likeness (QED) is 0.735. The zero-order valence-corrected chi connectivity index (χ0v) is 14.9. The molecule has 7 heteroatoms. The molecule has 1 aromatic heterocycles. The number of esters is 1. The normalized spacial score (nSPS) is 19.8. The number of carbonyl (C=O) groups is 2. The lowest BCUT2D eigenvalue weighted by Crippen LogP contribution is -2.52. The summed E-state index contributed by atoms with van der Waals surface area (Å²) in [4.78, 5) is 39.9. The monoisotopic (exact) mass is 355 g/mol. The molecule has 0 unspecified atom stereocenters. The van der Waals surface area contributed by atoms with Gasteiger partial charge < -0.3 is 20.4 Å². The summed E-state index contributed by atoms with van der Waals surface area (Å²) in [6.07, 6.45) is 0. The topological polar surface area (TPSA) is 100 Å². The molecule has 7 nitrogen and oxygen atoms in total. The fourth-order valence-corrected chi connectivity index (χ4v) is 3.28. The van der Waals surface area contributed by atoms with Crippen molar-refractivity contribution in [3.63, 3.8) is 0 Å². The highest BCUT2D eigenvalue weighted by Gasteiger charge is 2.40. The van der Waals surface area contributed by atoms with E-state index in [9.17, 15) is 14.4 Å². The van der Waals surface area contributed by atoms with Crippen LogP contribution in [0.1, 0.15) is 29.7 Å². The van der Waals surface area contributed by atoms with Crippen molar-refractivity contribution >= 4 is 22.9 Å². The highest BCUT2D eigenvalue weighted by atomic mass is 16.5. The second kappa shape index (κ2) is 6.67. The van der Waals surface area contributed by atoms with Crippen molar-refractivity contribution in [1.82, 2.24) is 15.6 Å². The van der Waals surface area contributed by atoms with Crippen LogP contribution in [0, 0.1) is 19.8 Å². The Balaban J connectivity index is 2.18. The first-order valence-corrected chi connectivity index (χ1v) is 8.39. The number of pyridine rings is 1. The number of aryl methyl sites for hydroxylation is 2. The maximum atomic E-state index is 12.7. The van der Waals surface area contributed by atoms with Gasteiger partial charge in [-0.2, -0.15) is 0 Å². The fourth-order valence-electron chi connectivity index (χ4n) is 3.28. The average molecular weight is 355 g/mol. The van der Waals surface area contributed by atoms with Crippen molar-refractivity contribution < 1.29 is 14.3 Å². The van der Waals surface area contributed by atoms with Gasteiger partial charge in [-0.25, -0.2) is 4.79 Å². The van der Waals surface area contributed by atoms with Crippen LogP contribution in [-0.2, 0) is 9.53 Å². The first kappa shape index (κ1) is 17.7. The number of hydrogen-bond donors (Lipinski definition) is 3. The van der Waals surface area contributed by atoms with Gasteiger partial charge in [0.05, 0.1) is 18.2 Å². The first-order valence-electron chi connectivity index (χ1n) is 8.39. The Morgan fingerprint density at radius 2 is 1.92 bits per heavy atom. The molecule has 2 atom stereocenters. The van der Waals surface area contributed by atoms with E-state index >= 15 is 0 Å². The third-order valence-corrected chi connectivity index (χ3v) is 4.62. The lowest BCUT2D eigenvalue weighted by atomic mass is 9.88. The van der Waals surface area contributed by atoms with Gasteiger partial charge in [0.15, 0.2) is 0 Å². The summed E-state index contributed by atoms with van der Waals surface area (Å²) in [5.74, 6) is -1.44. The highest BCUT2D eigenvalue weighted by molar-refractivity contribution is 5.88. The number of amides is 2. The molecule has 1 aliphatic rings. The molecule has 2 heterocycles. The molecule has 0 spiro atoms. The molecule has 3 rings (SSSR count). The maximum Gasteiger partial charge on any atom is 0.319 e. The molecule has 1 aromatic carbocycles. The molecule has 136 valence electrons. The van der Waals surface area contributed by atoms with Crippen LogP contribution in [0.5, 0.6) is 0 Å². The second-order valence-corrected chi connectivity index (χ2v) is 6.37. The van der Waals surface area contributed by atoms with E-state index < -0.39 is 24.0 Å². The van der Waals surface area contributed by atoms with Gasteiger partial charge in [0.1, 0.15) is 5.92 Å². The molecule has 0 bridgehead atoms. The third kappa shape index (κ3) is 2.96. The van der Waals surface area contributed by atoms with Crippen LogP contribution in [0.3, 0.4) is 0 Å². The number of rotatable bonds is 3. The smallest absolute Gasteiger partial charge is 0.319 e. The van der Waals surface area contributed by atoms with Crippen LogP contribution in [-0.4, -0.2) is 23.6 Å². The molecule has 0 radical (unpaired) electrons. The van der Waals surface area contributed by atoms with E-state index in [2.05, 4.69) is 22.2 Å². The number of hydrogen-bond acceptors (Lipinski definition) is 4. The maximum absolute atomic E-state index is 12.7. The number of fused-ring (bicyclic) bond motifs is 1. The number of urea groups is 1. The van der Waals surface area contributed by atoms with Gasteiger partial charge in [0, 0.05) is 16.6 Å². The van der Waals surface area contributed by atoms with E-state index in [4.69, 9.17) is 4.74 Å². The van der Waals surface area contributed by atoms with E-state index in [-0.39, 0.29) is 17.9 Å². The zero-order valence-electron chi connectivity index (χ0n) is 14.9. The van der Waals surface area contributed by atoms with Gasteiger partial charge in [0.2, 0.25) is 0 Å². The van der Waals surface area contributed by atoms with Crippen molar-refractivity contribution in [3.05, 3.63) is 57.5 Å². The van der Waals surface area contributed by atoms with Crippen LogP contribution in [0.15, 0.2) is 35.3 Å². The molecule has 1 aliphatic heterocycles. The van der Waals surface area contributed by atoms with Gasteiger partial charge in [-0.1, -0.05) is 18.7 Å². The van der Waals surface area contributed by atoms with Crippen LogP contribution in [0.25, 0.3) is 10.9 Å². The summed E-state index contributed by atoms with van der Waals surface area (Å²) < 4.78 is 5.11. The Morgan fingerprint density at radius 1 is 1.23 bits per heavy atom. The van der Waals surface area contributed by atoms with Crippen molar-refractivity contribution in [3.8, 4) is 0 Å². The summed E-state index contributed by atoms with van der Waals surface area (Å²) in [6, 6.07) is 4.25. The molecule has 0 saturated carbocycles. The first-order chi connectivity index (χ1) is 12.3. The minimum absolute atomic E-state index is 0.190. The molecule has 26 heavy (non-hydrogen) atoms. The highest BCUT2D eigenvalue weighted by Crippen LogP contribution is 2.30. The SMILES string of the molecule is C=C1NC(=O)N[C@H](c2cc3c(C)ccc(C)c3[nH]c2=O)[C@@H]1C(=O)OCC. The van der Waals surface area contributed by atoms with Crippen LogP contribution < -0.4 is 16.2 Å². The Bertz CT molecular complexity index is 977. The second-order valence-electron chi connectivity index (χ2n) is 6.37. The number of benzene rings is 1. The molecule has 2 amide bonds. The van der Waals surface area contributed by atoms with Gasteiger partial charge in [-0.3, -0.25) is 9.59 Å². The molecular formula is C19H21N3O4. The predicted molar refractivity (Wildman–Crippen MR) is 97.7 cm³/mol. The van der Waals surface area contributed by atoms with E-state index in [1.807, 2.05) is 26.0 Å². The Morgan fingerprint density at radius 3 is 2.62 bits per heavy atom. The summed E-state index contributed by atoms with van der Waals surface area (Å²) >= 11 is 0. The van der Waals surface area contributed by atoms with E-state index in [1.165, 1.54) is 0 Å². The van der Waals surface area contributed by atoms with Gasteiger partial charge >= 0.3 is 12.0 Å². The fraction of sp³-hybridized carbons (Fsp3) is 0.316. The molecule has 3 N–H and O–H groups in total. The van der Waals surface area contributed by atoms with Crippen LogP contribution >= 0.6 is 0 Å². The lowest BCUT2D eigenvalue weighted by molar-refractivity contribution is -0.147. The van der Waals surface area contributed by atoms with Gasteiger partial charge in [-0.15, -0.1) is 0 Å². The van der Waals surface area contributed by atoms with E-state index in [0.29, 0.717) is 5.56 Å². The predicted octanol–water partition coefficient (Wildman–Crippen LogP) is 2.19. The van der Waals surface area contributed by atoms with E-state index in [0.717, 1.165) is 22.0 Å². The number of aromatic amines is 1. The minimum atomic E-state index is -0.892. The Hall–Kier alpha value is -3.09. The van der Waals surface area contributed by atoms with Crippen molar-refractivity contribution in [2.24, 2.45) is 5.92 Å². The van der Waals surface area contributed by atoms with Crippen LogP contribution in [0.2, 0.25) is 0 Å². The summed E-state index contributed by atoms with van der Waals surface area (Å²) in [5.41, 5.74) is 2.80. The van der Waals surface area contributed by atoms with Crippen molar-refractivity contribution in [2.45, 2.75) is 26.8 Å². The van der Waals surface area contributed by atoms with Crippen molar-refractivity contribution in [1.29, 1.82) is 0 Å². The average Bonchev–Trinajstić information content (AvgIpc) is 2.57. The van der Waals surface area contributed by atoms with Gasteiger partial charge in [0.25, 0.3) is 5.56 Å². The summed E-state index contributed by atoms with van der Waals surface area (Å²) in [5, 5.41) is 6.01. The van der Waals surface area contributed by atoms with E-state index in [1.54, 1.807) is 13.0 Å². The lowest BCUT2D eigenvalue weighted by Gasteiger charge is -2.32. The molecular weight excluding hydrogens is 334 g/mol. The Labute approximate surface area is 150 Å². The van der Waals surface area contributed by atoms with Crippen LogP contribution in [0.4, 0.5) is 4.79 Å². The molecule has 1 fully saturated rings. The number of H-pyrrole nitrogens is 1. The molecule has 1 saturated heterocycles. The van der Waals surface area contributed by atoms with Crippen molar-refractivity contribution in [2.75, 3.05) is 6.61 Å². The largest absolute Gasteiger partial charge is 0.465 e. The third-order valence-electron chi connectivity index (χ3n) is 4.62. The number of carbonyl (C=O) groups excluding carboxylic acids is 2. The Kier molecular flexibility index (Phi) is 4.54. The number of ether oxygens (including phenoxy) is 1. The number of nitrogens with one attached hydrogen (secondary N) is 3. The minimum Gasteiger partial charge on any atom is -0.465 e.